The van der Waals surface area contributed by atoms with Gasteiger partial charge >= 0.3 is 0 Å². The molecule has 0 amide bonds. The predicted molar refractivity (Wildman–Crippen MR) is 58.9 cm³/mol. The summed E-state index contributed by atoms with van der Waals surface area (Å²) in [5.41, 5.74) is 0. The van der Waals surface area contributed by atoms with Crippen LogP contribution in [0.4, 0.5) is 0 Å². The molecular weight excluding hydrogens is 158 g/mol. The molecule has 78 valence electrons. The van der Waals surface area contributed by atoms with Gasteiger partial charge in [0.05, 0.1) is 0 Å². The largest absolute Gasteiger partial charge is 0.311 e. The minimum atomic E-state index is 0.760. The van der Waals surface area contributed by atoms with E-state index in [1.54, 1.807) is 0 Å². The zero-order chi connectivity index (χ0) is 9.68. The molecule has 1 fully saturated rings. The molecule has 0 aromatic heterocycles. The minimum absolute atomic E-state index is 0.760. The van der Waals surface area contributed by atoms with Gasteiger partial charge in [0.25, 0.3) is 0 Å². The molecule has 1 saturated carbocycles. The fraction of sp³-hybridized carbons (Fsp3) is 1.00. The Bertz CT molecular complexity index is 129. The average molecular weight is 183 g/mol. The van der Waals surface area contributed by atoms with Crippen LogP contribution >= 0.6 is 0 Å². The molecule has 1 N–H and O–H groups in total. The summed E-state index contributed by atoms with van der Waals surface area (Å²) in [7, 11) is 0. The summed E-state index contributed by atoms with van der Waals surface area (Å²) < 4.78 is 0. The van der Waals surface area contributed by atoms with Crippen molar-refractivity contribution < 1.29 is 0 Å². The van der Waals surface area contributed by atoms with Crippen molar-refractivity contribution in [3.63, 3.8) is 0 Å². The molecule has 1 aliphatic carbocycles. The van der Waals surface area contributed by atoms with Gasteiger partial charge in [-0.15, -0.1) is 0 Å². The van der Waals surface area contributed by atoms with Crippen molar-refractivity contribution in [1.82, 2.24) is 5.32 Å². The van der Waals surface area contributed by atoms with Gasteiger partial charge in [-0.25, -0.2) is 0 Å². The lowest BCUT2D eigenvalue weighted by Crippen LogP contribution is -2.40. The zero-order valence-corrected chi connectivity index (χ0v) is 9.47. The van der Waals surface area contributed by atoms with E-state index >= 15 is 0 Å². The standard InChI is InChI=1S/C12H25N/c1-4-11(5-2)13-12-8-6-7-10(3)9-12/h10-13H,4-9H2,1-3H3. The van der Waals surface area contributed by atoms with Gasteiger partial charge in [-0.1, -0.05) is 33.6 Å². The second kappa shape index (κ2) is 5.64. The first-order chi connectivity index (χ1) is 6.26. The van der Waals surface area contributed by atoms with E-state index in [0.29, 0.717) is 0 Å². The molecule has 0 heterocycles. The van der Waals surface area contributed by atoms with Crippen LogP contribution < -0.4 is 5.32 Å². The highest BCUT2D eigenvalue weighted by molar-refractivity contribution is 4.78. The Morgan fingerprint density at radius 3 is 2.46 bits per heavy atom. The van der Waals surface area contributed by atoms with Gasteiger partial charge in [0, 0.05) is 12.1 Å². The van der Waals surface area contributed by atoms with Crippen LogP contribution in [0.2, 0.25) is 0 Å². The third kappa shape index (κ3) is 3.68. The van der Waals surface area contributed by atoms with Crippen LogP contribution in [0.3, 0.4) is 0 Å². The molecule has 0 saturated heterocycles. The molecule has 1 heteroatoms. The zero-order valence-electron chi connectivity index (χ0n) is 9.47. The Hall–Kier alpha value is -0.0400. The van der Waals surface area contributed by atoms with Crippen molar-refractivity contribution in [3.8, 4) is 0 Å². The van der Waals surface area contributed by atoms with Crippen molar-refractivity contribution in [1.29, 1.82) is 0 Å². The van der Waals surface area contributed by atoms with Gasteiger partial charge < -0.3 is 5.32 Å². The van der Waals surface area contributed by atoms with Crippen LogP contribution in [0.25, 0.3) is 0 Å². The van der Waals surface area contributed by atoms with Crippen molar-refractivity contribution >= 4 is 0 Å². The summed E-state index contributed by atoms with van der Waals surface area (Å²) in [6.45, 7) is 6.96. The Morgan fingerprint density at radius 1 is 1.23 bits per heavy atom. The monoisotopic (exact) mass is 183 g/mol. The summed E-state index contributed by atoms with van der Waals surface area (Å²) in [5.74, 6) is 0.945. The Morgan fingerprint density at radius 2 is 1.92 bits per heavy atom. The molecule has 0 aliphatic heterocycles. The van der Waals surface area contributed by atoms with Crippen LogP contribution in [-0.4, -0.2) is 12.1 Å². The quantitative estimate of drug-likeness (QED) is 0.705. The molecule has 2 atom stereocenters. The molecule has 1 nitrogen and oxygen atoms in total. The van der Waals surface area contributed by atoms with E-state index in [1.807, 2.05) is 0 Å². The second-order valence-corrected chi connectivity index (χ2v) is 4.65. The summed E-state index contributed by atoms with van der Waals surface area (Å²) >= 11 is 0. The lowest BCUT2D eigenvalue weighted by molar-refractivity contribution is 0.274. The maximum atomic E-state index is 3.79. The third-order valence-electron chi connectivity index (χ3n) is 3.39. The smallest absolute Gasteiger partial charge is 0.00721 e. The summed E-state index contributed by atoms with van der Waals surface area (Å²) in [5, 5.41) is 3.79. The van der Waals surface area contributed by atoms with E-state index in [9.17, 15) is 0 Å². The predicted octanol–water partition coefficient (Wildman–Crippen LogP) is 3.34. The molecular formula is C12H25N. The molecule has 0 aromatic carbocycles. The van der Waals surface area contributed by atoms with E-state index in [1.165, 1.54) is 38.5 Å². The summed E-state index contributed by atoms with van der Waals surface area (Å²) in [6, 6.07) is 1.57. The van der Waals surface area contributed by atoms with E-state index in [0.717, 1.165) is 18.0 Å². The first-order valence-electron chi connectivity index (χ1n) is 6.02. The first kappa shape index (κ1) is 11.0. The number of nitrogens with one attached hydrogen (secondary N) is 1. The Kier molecular flexibility index (Phi) is 4.79. The summed E-state index contributed by atoms with van der Waals surface area (Å²) in [6.07, 6.45) is 8.24. The highest BCUT2D eigenvalue weighted by Gasteiger charge is 2.19. The molecule has 0 aromatic rings. The van der Waals surface area contributed by atoms with Crippen LogP contribution in [-0.2, 0) is 0 Å². The highest BCUT2D eigenvalue weighted by atomic mass is 14.9. The maximum absolute atomic E-state index is 3.79. The first-order valence-corrected chi connectivity index (χ1v) is 6.02. The third-order valence-corrected chi connectivity index (χ3v) is 3.39. The molecule has 0 bridgehead atoms. The van der Waals surface area contributed by atoms with E-state index in [2.05, 4.69) is 26.1 Å². The molecule has 2 unspecified atom stereocenters. The topological polar surface area (TPSA) is 12.0 Å². The second-order valence-electron chi connectivity index (χ2n) is 4.65. The van der Waals surface area contributed by atoms with Crippen molar-refractivity contribution in [2.24, 2.45) is 5.92 Å². The summed E-state index contributed by atoms with van der Waals surface area (Å²) in [4.78, 5) is 0. The lowest BCUT2D eigenvalue weighted by Gasteiger charge is -2.30. The highest BCUT2D eigenvalue weighted by Crippen LogP contribution is 2.24. The Balaban J connectivity index is 2.26. The van der Waals surface area contributed by atoms with Crippen molar-refractivity contribution in [3.05, 3.63) is 0 Å². The van der Waals surface area contributed by atoms with Crippen LogP contribution in [0.5, 0.6) is 0 Å². The van der Waals surface area contributed by atoms with Gasteiger partial charge in [-0.05, 0) is 31.6 Å². The normalized spacial score (nSPS) is 29.5. The number of rotatable bonds is 4. The van der Waals surface area contributed by atoms with Gasteiger partial charge in [-0.3, -0.25) is 0 Å². The lowest BCUT2D eigenvalue weighted by atomic mass is 9.86. The number of hydrogen-bond acceptors (Lipinski definition) is 1. The van der Waals surface area contributed by atoms with Crippen LogP contribution in [0, 0.1) is 5.92 Å². The Labute approximate surface area is 83.3 Å². The van der Waals surface area contributed by atoms with Crippen molar-refractivity contribution in [2.45, 2.75) is 71.4 Å². The molecule has 13 heavy (non-hydrogen) atoms. The van der Waals surface area contributed by atoms with Gasteiger partial charge in [0.2, 0.25) is 0 Å². The average Bonchev–Trinajstić information content (AvgIpc) is 2.14. The molecule has 0 radical (unpaired) electrons. The minimum Gasteiger partial charge on any atom is -0.311 e. The fourth-order valence-electron chi connectivity index (χ4n) is 2.44. The van der Waals surface area contributed by atoms with Gasteiger partial charge in [0.1, 0.15) is 0 Å². The molecule has 0 spiro atoms. The van der Waals surface area contributed by atoms with E-state index in [-0.39, 0.29) is 0 Å². The molecule has 1 aliphatic rings. The van der Waals surface area contributed by atoms with Crippen LogP contribution in [0.1, 0.15) is 59.3 Å². The van der Waals surface area contributed by atoms with Crippen molar-refractivity contribution in [2.75, 3.05) is 0 Å². The van der Waals surface area contributed by atoms with E-state index in [4.69, 9.17) is 0 Å². The number of hydrogen-bond donors (Lipinski definition) is 1. The maximum Gasteiger partial charge on any atom is 0.00721 e. The van der Waals surface area contributed by atoms with Gasteiger partial charge in [0.15, 0.2) is 0 Å². The van der Waals surface area contributed by atoms with Crippen LogP contribution in [0.15, 0.2) is 0 Å². The molecule has 1 rings (SSSR count). The SMILES string of the molecule is CCC(CC)NC1CCCC(C)C1. The van der Waals surface area contributed by atoms with E-state index < -0.39 is 0 Å². The fourth-order valence-corrected chi connectivity index (χ4v) is 2.44. The van der Waals surface area contributed by atoms with Gasteiger partial charge in [-0.2, -0.15) is 0 Å².